The molecular formula is C42H26N4O. The van der Waals surface area contributed by atoms with Gasteiger partial charge in [0.05, 0.1) is 10.9 Å². The van der Waals surface area contributed by atoms with Gasteiger partial charge >= 0.3 is 0 Å². The molecule has 0 saturated carbocycles. The van der Waals surface area contributed by atoms with Gasteiger partial charge in [-0.25, -0.2) is 19.9 Å². The highest BCUT2D eigenvalue weighted by atomic mass is 16.3. The summed E-state index contributed by atoms with van der Waals surface area (Å²) < 4.78 is 6.28. The van der Waals surface area contributed by atoms with E-state index in [4.69, 9.17) is 24.4 Å². The quantitative estimate of drug-likeness (QED) is 0.196. The van der Waals surface area contributed by atoms with Crippen molar-refractivity contribution in [3.63, 3.8) is 0 Å². The van der Waals surface area contributed by atoms with Crippen molar-refractivity contribution in [2.45, 2.75) is 0 Å². The van der Waals surface area contributed by atoms with E-state index in [1.165, 1.54) is 0 Å². The van der Waals surface area contributed by atoms with Gasteiger partial charge in [0.25, 0.3) is 0 Å². The largest absolute Gasteiger partial charge is 0.438 e. The summed E-state index contributed by atoms with van der Waals surface area (Å²) in [5, 5.41) is 2.81. The predicted molar refractivity (Wildman–Crippen MR) is 190 cm³/mol. The second kappa shape index (κ2) is 11.2. The first-order valence-corrected chi connectivity index (χ1v) is 15.6. The zero-order valence-electron chi connectivity index (χ0n) is 25.2. The summed E-state index contributed by atoms with van der Waals surface area (Å²) in [5.41, 5.74) is 9.42. The lowest BCUT2D eigenvalue weighted by Crippen LogP contribution is -2.01. The molecule has 0 aliphatic heterocycles. The van der Waals surface area contributed by atoms with Gasteiger partial charge < -0.3 is 4.42 Å². The van der Waals surface area contributed by atoms with Gasteiger partial charge in [0.15, 0.2) is 17.5 Å². The Kier molecular flexibility index (Phi) is 6.39. The van der Waals surface area contributed by atoms with Gasteiger partial charge in [0, 0.05) is 27.5 Å². The van der Waals surface area contributed by atoms with E-state index < -0.39 is 0 Å². The van der Waals surface area contributed by atoms with Crippen molar-refractivity contribution < 1.29 is 4.42 Å². The minimum atomic E-state index is 0.558. The van der Waals surface area contributed by atoms with E-state index >= 15 is 0 Å². The minimum Gasteiger partial charge on any atom is -0.438 e. The standard InChI is InChI=1S/C42H26N4O/c1-3-11-27(12-4-1)29-19-23-31(24-20-29)39-44-40(32-25-21-30(22-26-32)28-13-5-2-6-14-28)46-41(45-39)37-33-15-7-9-17-35(33)43-42-38(37)34-16-8-10-18-36(34)47-42/h1-26H. The predicted octanol–water partition coefficient (Wildman–Crippen LogP) is 10.7. The summed E-state index contributed by atoms with van der Waals surface area (Å²) in [7, 11) is 0. The summed E-state index contributed by atoms with van der Waals surface area (Å²) in [6.45, 7) is 0. The van der Waals surface area contributed by atoms with Crippen LogP contribution in [0.3, 0.4) is 0 Å². The van der Waals surface area contributed by atoms with E-state index in [0.717, 1.165) is 66.2 Å². The monoisotopic (exact) mass is 602 g/mol. The molecule has 0 unspecified atom stereocenters. The molecule has 3 heterocycles. The minimum absolute atomic E-state index is 0.558. The number of rotatable bonds is 5. The summed E-state index contributed by atoms with van der Waals surface area (Å²) in [4.78, 5) is 20.3. The Morgan fingerprint density at radius 2 is 0.787 bits per heavy atom. The summed E-state index contributed by atoms with van der Waals surface area (Å²) >= 11 is 0. The lowest BCUT2D eigenvalue weighted by atomic mass is 10.0. The molecule has 0 atom stereocenters. The van der Waals surface area contributed by atoms with Gasteiger partial charge in [-0.05, 0) is 34.4 Å². The molecule has 47 heavy (non-hydrogen) atoms. The first kappa shape index (κ1) is 26.9. The topological polar surface area (TPSA) is 64.7 Å². The highest BCUT2D eigenvalue weighted by Crippen LogP contribution is 2.40. The molecule has 5 heteroatoms. The van der Waals surface area contributed by atoms with Crippen molar-refractivity contribution in [3.8, 4) is 56.4 Å². The number of fused-ring (bicyclic) bond motifs is 4. The number of nitrogens with zero attached hydrogens (tertiary/aromatic N) is 4. The number of benzene rings is 6. The second-order valence-electron chi connectivity index (χ2n) is 11.5. The molecule has 6 aromatic carbocycles. The summed E-state index contributed by atoms with van der Waals surface area (Å²) in [6, 6.07) is 53.6. The van der Waals surface area contributed by atoms with Gasteiger partial charge in [0.2, 0.25) is 5.71 Å². The maximum absolute atomic E-state index is 6.28. The molecule has 5 nitrogen and oxygen atoms in total. The Morgan fingerprint density at radius 1 is 0.340 bits per heavy atom. The zero-order chi connectivity index (χ0) is 31.2. The van der Waals surface area contributed by atoms with E-state index in [0.29, 0.717) is 23.2 Å². The number of hydrogen-bond donors (Lipinski definition) is 0. The molecule has 0 aliphatic rings. The molecule has 9 rings (SSSR count). The van der Waals surface area contributed by atoms with Crippen molar-refractivity contribution in [2.75, 3.05) is 0 Å². The third-order valence-corrected chi connectivity index (χ3v) is 8.58. The molecule has 0 fully saturated rings. The van der Waals surface area contributed by atoms with Crippen LogP contribution in [0.1, 0.15) is 0 Å². The molecule has 220 valence electrons. The van der Waals surface area contributed by atoms with Crippen molar-refractivity contribution in [1.29, 1.82) is 0 Å². The third-order valence-electron chi connectivity index (χ3n) is 8.58. The van der Waals surface area contributed by atoms with Crippen LogP contribution in [0.15, 0.2) is 162 Å². The van der Waals surface area contributed by atoms with Gasteiger partial charge in [-0.2, -0.15) is 0 Å². The van der Waals surface area contributed by atoms with E-state index in [-0.39, 0.29) is 0 Å². The van der Waals surface area contributed by atoms with E-state index in [1.54, 1.807) is 0 Å². The number of furan rings is 1. The fourth-order valence-corrected chi connectivity index (χ4v) is 6.24. The van der Waals surface area contributed by atoms with Gasteiger partial charge in [-0.3, -0.25) is 0 Å². The SMILES string of the molecule is c1ccc(-c2ccc(-c3nc(-c4ccc(-c5ccccc5)cc4)nc(-c4c5ccccc5nc5oc6ccccc6c45)n3)cc2)cc1. The van der Waals surface area contributed by atoms with E-state index in [9.17, 15) is 0 Å². The highest BCUT2D eigenvalue weighted by Gasteiger charge is 2.21. The average Bonchev–Trinajstić information content (AvgIpc) is 3.52. The second-order valence-corrected chi connectivity index (χ2v) is 11.5. The molecule has 0 aliphatic carbocycles. The Labute approximate surface area is 270 Å². The molecule has 0 bridgehead atoms. The van der Waals surface area contributed by atoms with Crippen LogP contribution in [0.5, 0.6) is 0 Å². The van der Waals surface area contributed by atoms with Crippen LogP contribution in [0.4, 0.5) is 0 Å². The molecule has 0 radical (unpaired) electrons. The Hall–Kier alpha value is -6.46. The maximum atomic E-state index is 6.28. The first-order chi connectivity index (χ1) is 23.3. The van der Waals surface area contributed by atoms with Crippen LogP contribution in [-0.2, 0) is 0 Å². The molecule has 0 saturated heterocycles. The van der Waals surface area contributed by atoms with Crippen LogP contribution >= 0.6 is 0 Å². The maximum Gasteiger partial charge on any atom is 0.228 e. The Balaban J connectivity index is 1.27. The lowest BCUT2D eigenvalue weighted by molar-refractivity contribution is 0.656. The van der Waals surface area contributed by atoms with Gasteiger partial charge in [-0.1, -0.05) is 146 Å². The number of pyridine rings is 1. The van der Waals surface area contributed by atoms with Crippen LogP contribution in [-0.4, -0.2) is 19.9 Å². The Bertz CT molecular complexity index is 2440. The fourth-order valence-electron chi connectivity index (χ4n) is 6.24. The van der Waals surface area contributed by atoms with E-state index in [2.05, 4.69) is 109 Å². The third kappa shape index (κ3) is 4.82. The zero-order valence-corrected chi connectivity index (χ0v) is 25.2. The van der Waals surface area contributed by atoms with Crippen molar-refractivity contribution in [2.24, 2.45) is 0 Å². The fraction of sp³-hybridized carbons (Fsp3) is 0. The summed E-state index contributed by atoms with van der Waals surface area (Å²) in [6.07, 6.45) is 0. The molecule has 3 aromatic heterocycles. The normalized spacial score (nSPS) is 11.4. The van der Waals surface area contributed by atoms with Crippen LogP contribution in [0, 0.1) is 0 Å². The highest BCUT2D eigenvalue weighted by molar-refractivity contribution is 6.17. The first-order valence-electron chi connectivity index (χ1n) is 15.6. The van der Waals surface area contributed by atoms with Crippen LogP contribution in [0.2, 0.25) is 0 Å². The number of aromatic nitrogens is 4. The van der Waals surface area contributed by atoms with Gasteiger partial charge in [-0.15, -0.1) is 0 Å². The lowest BCUT2D eigenvalue weighted by Gasteiger charge is -2.12. The summed E-state index contributed by atoms with van der Waals surface area (Å²) in [5.74, 6) is 1.76. The number of hydrogen-bond acceptors (Lipinski definition) is 5. The smallest absolute Gasteiger partial charge is 0.228 e. The Morgan fingerprint density at radius 3 is 1.38 bits per heavy atom. The van der Waals surface area contributed by atoms with Crippen molar-refractivity contribution in [3.05, 3.63) is 158 Å². The molecule has 9 aromatic rings. The molecule has 0 spiro atoms. The van der Waals surface area contributed by atoms with Crippen molar-refractivity contribution in [1.82, 2.24) is 19.9 Å². The van der Waals surface area contributed by atoms with Gasteiger partial charge in [0.1, 0.15) is 5.58 Å². The molecular weight excluding hydrogens is 576 g/mol. The average molecular weight is 603 g/mol. The number of para-hydroxylation sites is 2. The molecule has 0 amide bonds. The van der Waals surface area contributed by atoms with E-state index in [1.807, 2.05) is 48.5 Å². The van der Waals surface area contributed by atoms with Crippen LogP contribution in [0.25, 0.3) is 89.4 Å². The van der Waals surface area contributed by atoms with Crippen molar-refractivity contribution >= 4 is 33.0 Å². The molecule has 0 N–H and O–H groups in total. The van der Waals surface area contributed by atoms with Crippen LogP contribution < -0.4 is 0 Å².